The molecule has 154 valence electrons. The molecule has 3 aliphatic rings. The monoisotopic (exact) mass is 398 g/mol. The summed E-state index contributed by atoms with van der Waals surface area (Å²) in [5.74, 6) is -0.316. The molecule has 4 heterocycles. The molecule has 0 spiro atoms. The maximum absolute atomic E-state index is 12.9. The van der Waals surface area contributed by atoms with Crippen molar-refractivity contribution >= 4 is 16.9 Å². The predicted octanol–water partition coefficient (Wildman–Crippen LogP) is 2.44. The zero-order chi connectivity index (χ0) is 20.6. The first-order valence-corrected chi connectivity index (χ1v) is 10.1. The number of phenolic OH excluding ortho intramolecular Hbond substituents is 1. The van der Waals surface area contributed by atoms with Gasteiger partial charge in [-0.25, -0.2) is 4.79 Å². The van der Waals surface area contributed by atoms with Crippen molar-refractivity contribution in [1.82, 2.24) is 9.47 Å². The summed E-state index contributed by atoms with van der Waals surface area (Å²) in [5.41, 5.74) is 0.504. The number of aliphatic hydroxyl groups is 1. The van der Waals surface area contributed by atoms with E-state index in [-0.39, 0.29) is 23.6 Å². The van der Waals surface area contributed by atoms with Gasteiger partial charge in [0.05, 0.1) is 25.8 Å². The fourth-order valence-electron chi connectivity index (χ4n) is 5.86. The largest absolute Gasteiger partial charge is 0.504 e. The summed E-state index contributed by atoms with van der Waals surface area (Å²) < 4.78 is 12.1. The number of esters is 1. The van der Waals surface area contributed by atoms with E-state index < -0.39 is 11.7 Å². The van der Waals surface area contributed by atoms with Crippen molar-refractivity contribution in [3.8, 4) is 11.5 Å². The normalized spacial score (nSPS) is 30.3. The Morgan fingerprint density at radius 2 is 2.14 bits per heavy atom. The highest BCUT2D eigenvalue weighted by Gasteiger charge is 2.59. The third-order valence-electron chi connectivity index (χ3n) is 7.14. The third kappa shape index (κ3) is 2.17. The highest BCUT2D eigenvalue weighted by molar-refractivity contribution is 5.92. The Bertz CT molecular complexity index is 1060. The minimum atomic E-state index is -1.83. The van der Waals surface area contributed by atoms with Crippen molar-refractivity contribution in [3.63, 3.8) is 0 Å². The fourth-order valence-corrected chi connectivity index (χ4v) is 5.86. The second-order valence-electron chi connectivity index (χ2n) is 8.36. The van der Waals surface area contributed by atoms with Crippen LogP contribution < -0.4 is 4.74 Å². The summed E-state index contributed by atoms with van der Waals surface area (Å²) in [7, 11) is 2.79. The number of ether oxygens (including phenoxy) is 2. The summed E-state index contributed by atoms with van der Waals surface area (Å²) in [6.07, 6.45) is 6.14. The third-order valence-corrected chi connectivity index (χ3v) is 7.14. The van der Waals surface area contributed by atoms with Gasteiger partial charge in [-0.05, 0) is 24.5 Å². The molecular weight excluding hydrogens is 372 g/mol. The van der Waals surface area contributed by atoms with Gasteiger partial charge < -0.3 is 24.3 Å². The summed E-state index contributed by atoms with van der Waals surface area (Å²) in [5, 5.41) is 23.1. The average Bonchev–Trinajstić information content (AvgIpc) is 3.06. The van der Waals surface area contributed by atoms with Crippen LogP contribution in [-0.2, 0) is 21.7 Å². The van der Waals surface area contributed by atoms with Gasteiger partial charge in [-0.3, -0.25) is 4.90 Å². The van der Waals surface area contributed by atoms with Crippen LogP contribution in [0.4, 0.5) is 0 Å². The number of aromatic hydroxyl groups is 1. The van der Waals surface area contributed by atoms with E-state index in [0.29, 0.717) is 11.3 Å². The molecule has 3 aliphatic heterocycles. The molecule has 7 nitrogen and oxygen atoms in total. The first-order chi connectivity index (χ1) is 13.9. The second-order valence-corrected chi connectivity index (χ2v) is 8.36. The molecule has 0 aliphatic carbocycles. The maximum Gasteiger partial charge on any atom is 0.359 e. The Hall–Kier alpha value is -2.51. The van der Waals surface area contributed by atoms with E-state index in [1.807, 2.05) is 0 Å². The number of hydrogen-bond acceptors (Lipinski definition) is 6. The van der Waals surface area contributed by atoms with E-state index in [1.165, 1.54) is 14.2 Å². The van der Waals surface area contributed by atoms with Crippen LogP contribution in [0.5, 0.6) is 11.5 Å². The molecule has 3 atom stereocenters. The zero-order valence-corrected chi connectivity index (χ0v) is 16.9. The molecule has 3 unspecified atom stereocenters. The van der Waals surface area contributed by atoms with Gasteiger partial charge in [-0.2, -0.15) is 0 Å². The smallest absolute Gasteiger partial charge is 0.359 e. The van der Waals surface area contributed by atoms with Gasteiger partial charge >= 0.3 is 5.97 Å². The van der Waals surface area contributed by atoms with Gasteiger partial charge in [-0.1, -0.05) is 19.1 Å². The molecular formula is C22H26N2O5. The van der Waals surface area contributed by atoms with Crippen LogP contribution in [0.3, 0.4) is 0 Å². The van der Waals surface area contributed by atoms with Crippen LogP contribution in [0, 0.1) is 5.41 Å². The maximum atomic E-state index is 12.9. The molecule has 29 heavy (non-hydrogen) atoms. The van der Waals surface area contributed by atoms with E-state index in [9.17, 15) is 15.0 Å². The molecule has 7 heteroatoms. The van der Waals surface area contributed by atoms with Crippen molar-refractivity contribution in [2.45, 2.75) is 38.0 Å². The van der Waals surface area contributed by atoms with Crippen LogP contribution in [0.25, 0.3) is 10.9 Å². The predicted molar refractivity (Wildman–Crippen MR) is 107 cm³/mol. The summed E-state index contributed by atoms with van der Waals surface area (Å²) >= 11 is 0. The number of nitrogens with zero attached hydrogens (tertiary/aromatic N) is 2. The quantitative estimate of drug-likeness (QED) is 0.610. The van der Waals surface area contributed by atoms with Gasteiger partial charge in [-0.15, -0.1) is 0 Å². The van der Waals surface area contributed by atoms with Crippen molar-refractivity contribution in [2.75, 3.05) is 27.3 Å². The van der Waals surface area contributed by atoms with Gasteiger partial charge in [0.1, 0.15) is 0 Å². The van der Waals surface area contributed by atoms with Crippen molar-refractivity contribution in [2.24, 2.45) is 5.41 Å². The van der Waals surface area contributed by atoms with Crippen LogP contribution in [0.1, 0.15) is 37.1 Å². The number of hydrogen-bond donors (Lipinski definition) is 2. The zero-order valence-electron chi connectivity index (χ0n) is 16.9. The van der Waals surface area contributed by atoms with Crippen molar-refractivity contribution < 1.29 is 24.5 Å². The first kappa shape index (κ1) is 18.5. The number of aromatic nitrogens is 1. The Morgan fingerprint density at radius 3 is 2.83 bits per heavy atom. The molecule has 0 amide bonds. The Balaban J connectivity index is 1.92. The molecule has 0 radical (unpaired) electrons. The second kappa shape index (κ2) is 6.00. The van der Waals surface area contributed by atoms with E-state index >= 15 is 0 Å². The fraction of sp³-hybridized carbons (Fsp3) is 0.500. The Morgan fingerprint density at radius 1 is 1.34 bits per heavy atom. The number of rotatable bonds is 3. The van der Waals surface area contributed by atoms with E-state index in [1.54, 1.807) is 16.7 Å². The van der Waals surface area contributed by atoms with Crippen LogP contribution in [0.2, 0.25) is 0 Å². The minimum Gasteiger partial charge on any atom is -0.504 e. The topological polar surface area (TPSA) is 84.2 Å². The van der Waals surface area contributed by atoms with Crippen LogP contribution in [-0.4, -0.2) is 53.0 Å². The van der Waals surface area contributed by atoms with Crippen molar-refractivity contribution in [3.05, 3.63) is 35.5 Å². The molecule has 0 bridgehead atoms. The minimum absolute atomic E-state index is 0.0496. The van der Waals surface area contributed by atoms with Gasteiger partial charge in [0.15, 0.2) is 11.5 Å². The molecule has 0 saturated heterocycles. The van der Waals surface area contributed by atoms with E-state index in [2.05, 4.69) is 24.0 Å². The van der Waals surface area contributed by atoms with Crippen molar-refractivity contribution in [1.29, 1.82) is 0 Å². The number of carbonyl (C=O) groups is 1. The molecule has 2 aromatic rings. The van der Waals surface area contributed by atoms with Gasteiger partial charge in [0, 0.05) is 42.1 Å². The first-order valence-electron chi connectivity index (χ1n) is 10.1. The van der Waals surface area contributed by atoms with E-state index in [4.69, 9.17) is 9.47 Å². The van der Waals surface area contributed by atoms with Crippen LogP contribution >= 0.6 is 0 Å². The Kier molecular flexibility index (Phi) is 3.83. The number of phenols is 1. The molecule has 1 aromatic carbocycles. The number of fused-ring (bicyclic) bond motifs is 3. The molecule has 5 rings (SSSR count). The number of carbonyl (C=O) groups excluding carboxylic acids is 1. The SMILES string of the molecule is CCC12C=CCN3CCc4c(n(c5cc(OC)c(O)cc45)C(O)(C(=O)OC)C1)C32. The van der Waals surface area contributed by atoms with Gasteiger partial charge in [0.25, 0.3) is 0 Å². The van der Waals surface area contributed by atoms with Gasteiger partial charge in [0.2, 0.25) is 5.72 Å². The lowest BCUT2D eigenvalue weighted by Crippen LogP contribution is -2.58. The Labute approximate surface area is 169 Å². The summed E-state index contributed by atoms with van der Waals surface area (Å²) in [6.45, 7) is 3.85. The summed E-state index contributed by atoms with van der Waals surface area (Å²) in [4.78, 5) is 15.4. The number of benzene rings is 1. The standard InChI is InChI=1S/C22H26N2O5/c1-4-21-7-5-8-23-9-6-13-14-10-16(25)17(28-2)11-15(14)24(18(13)19(21)23)22(27,12-21)20(26)29-3/h5,7,10-11,19,25,27H,4,6,8-9,12H2,1-3H3. The molecule has 0 saturated carbocycles. The van der Waals surface area contributed by atoms with Crippen LogP contribution in [0.15, 0.2) is 24.3 Å². The highest BCUT2D eigenvalue weighted by atomic mass is 16.5. The lowest BCUT2D eigenvalue weighted by molar-refractivity contribution is -0.187. The molecule has 1 aromatic heterocycles. The summed E-state index contributed by atoms with van der Waals surface area (Å²) in [6, 6.07) is 3.46. The lowest BCUT2D eigenvalue weighted by atomic mass is 9.64. The molecule has 0 fully saturated rings. The van der Waals surface area contributed by atoms with E-state index in [0.717, 1.165) is 42.6 Å². The number of methoxy groups -OCH3 is 2. The molecule has 2 N–H and O–H groups in total. The average molecular weight is 398 g/mol. The lowest BCUT2D eigenvalue weighted by Gasteiger charge is -2.55. The highest BCUT2D eigenvalue weighted by Crippen LogP contribution is 2.59.